The lowest BCUT2D eigenvalue weighted by Gasteiger charge is -2.13. The molecule has 0 saturated heterocycles. The van der Waals surface area contributed by atoms with Gasteiger partial charge < -0.3 is 9.30 Å². The Kier molecular flexibility index (Phi) is 3.74. The van der Waals surface area contributed by atoms with E-state index in [0.29, 0.717) is 11.9 Å². The number of pyridine rings is 1. The fraction of sp³-hybridized carbons (Fsp3) is 0.111. The Morgan fingerprint density at radius 3 is 2.45 bits per heavy atom. The molecule has 4 heteroatoms. The van der Waals surface area contributed by atoms with Crippen molar-refractivity contribution in [3.05, 3.63) is 82.1 Å². The fourth-order valence-corrected chi connectivity index (χ4v) is 2.51. The van der Waals surface area contributed by atoms with Crippen LogP contribution in [0.4, 0.5) is 0 Å². The molecule has 0 atom stereocenters. The second-order valence-electron chi connectivity index (χ2n) is 4.99. The summed E-state index contributed by atoms with van der Waals surface area (Å²) < 4.78 is 6.62. The van der Waals surface area contributed by atoms with Crippen LogP contribution in [0.15, 0.2) is 65.6 Å². The first-order valence-corrected chi connectivity index (χ1v) is 6.95. The second kappa shape index (κ2) is 5.85. The molecule has 0 fully saturated rings. The van der Waals surface area contributed by atoms with Gasteiger partial charge in [-0.1, -0.05) is 42.5 Å². The molecular formula is C18H15NO3. The van der Waals surface area contributed by atoms with Crippen molar-refractivity contribution in [1.29, 1.82) is 0 Å². The SMILES string of the molecule is COC(=O)c1cn(Cc2ccccc2)c2ccccc2c1=O. The lowest BCUT2D eigenvalue weighted by atomic mass is 10.1. The van der Waals surface area contributed by atoms with Crippen LogP contribution in [0.1, 0.15) is 15.9 Å². The molecule has 0 saturated carbocycles. The van der Waals surface area contributed by atoms with E-state index >= 15 is 0 Å². The normalized spacial score (nSPS) is 10.6. The van der Waals surface area contributed by atoms with Crippen molar-refractivity contribution in [3.8, 4) is 0 Å². The largest absolute Gasteiger partial charge is 0.465 e. The Labute approximate surface area is 127 Å². The molecule has 0 bridgehead atoms. The van der Waals surface area contributed by atoms with Crippen molar-refractivity contribution in [2.75, 3.05) is 7.11 Å². The standard InChI is InChI=1S/C18H15NO3/c1-22-18(21)15-12-19(11-13-7-3-2-4-8-13)16-10-6-5-9-14(16)17(15)20/h2-10,12H,11H2,1H3. The molecule has 1 heterocycles. The van der Waals surface area contributed by atoms with E-state index in [0.717, 1.165) is 11.1 Å². The van der Waals surface area contributed by atoms with Gasteiger partial charge in [0.25, 0.3) is 0 Å². The summed E-state index contributed by atoms with van der Waals surface area (Å²) in [6, 6.07) is 17.1. The van der Waals surface area contributed by atoms with Crippen molar-refractivity contribution in [3.63, 3.8) is 0 Å². The van der Waals surface area contributed by atoms with Gasteiger partial charge in [0.15, 0.2) is 0 Å². The number of carbonyl (C=O) groups is 1. The molecule has 0 aliphatic carbocycles. The van der Waals surface area contributed by atoms with Crippen molar-refractivity contribution in [2.24, 2.45) is 0 Å². The molecule has 22 heavy (non-hydrogen) atoms. The van der Waals surface area contributed by atoms with Crippen LogP contribution in [0, 0.1) is 0 Å². The average molecular weight is 293 g/mol. The van der Waals surface area contributed by atoms with Crippen molar-refractivity contribution in [1.82, 2.24) is 4.57 Å². The maximum atomic E-state index is 12.4. The number of nitrogens with zero attached hydrogens (tertiary/aromatic N) is 1. The molecule has 0 amide bonds. The maximum absolute atomic E-state index is 12.4. The maximum Gasteiger partial charge on any atom is 0.343 e. The number of carbonyl (C=O) groups excluding carboxylic acids is 1. The van der Waals surface area contributed by atoms with Gasteiger partial charge in [-0.2, -0.15) is 0 Å². The summed E-state index contributed by atoms with van der Waals surface area (Å²) in [4.78, 5) is 24.3. The minimum absolute atomic E-state index is 0.0529. The van der Waals surface area contributed by atoms with E-state index in [1.165, 1.54) is 7.11 Å². The summed E-state index contributed by atoms with van der Waals surface area (Å²) in [5.74, 6) is -0.613. The highest BCUT2D eigenvalue weighted by molar-refractivity contribution is 5.93. The molecule has 3 aromatic rings. The summed E-state index contributed by atoms with van der Waals surface area (Å²) >= 11 is 0. The van der Waals surface area contributed by atoms with E-state index in [4.69, 9.17) is 4.74 Å². The zero-order valence-corrected chi connectivity index (χ0v) is 12.2. The summed E-state index contributed by atoms with van der Waals surface area (Å²) in [5, 5.41) is 0.515. The Balaban J connectivity index is 2.22. The van der Waals surface area contributed by atoms with E-state index in [1.54, 1.807) is 18.3 Å². The number of ether oxygens (including phenoxy) is 1. The molecule has 0 unspecified atom stereocenters. The van der Waals surface area contributed by atoms with Crippen LogP contribution in [0.2, 0.25) is 0 Å². The number of esters is 1. The van der Waals surface area contributed by atoms with Crippen LogP contribution in [-0.2, 0) is 11.3 Å². The number of methoxy groups -OCH3 is 1. The van der Waals surface area contributed by atoms with Gasteiger partial charge in [-0.25, -0.2) is 4.79 Å². The third-order valence-corrected chi connectivity index (χ3v) is 3.59. The van der Waals surface area contributed by atoms with Crippen molar-refractivity contribution in [2.45, 2.75) is 6.54 Å². The summed E-state index contributed by atoms with van der Waals surface area (Å²) in [6.45, 7) is 0.575. The molecule has 0 radical (unpaired) electrons. The van der Waals surface area contributed by atoms with E-state index in [9.17, 15) is 9.59 Å². The number of hydrogen-bond donors (Lipinski definition) is 0. The lowest BCUT2D eigenvalue weighted by molar-refractivity contribution is 0.0598. The molecule has 0 N–H and O–H groups in total. The molecule has 2 aromatic carbocycles. The van der Waals surface area contributed by atoms with Gasteiger partial charge in [0, 0.05) is 18.1 Å². The van der Waals surface area contributed by atoms with Crippen LogP contribution in [0.25, 0.3) is 10.9 Å². The van der Waals surface area contributed by atoms with Crippen LogP contribution in [-0.4, -0.2) is 17.6 Å². The van der Waals surface area contributed by atoms with Gasteiger partial charge >= 0.3 is 5.97 Å². The smallest absolute Gasteiger partial charge is 0.343 e. The van der Waals surface area contributed by atoms with E-state index < -0.39 is 5.97 Å². The monoisotopic (exact) mass is 293 g/mol. The van der Waals surface area contributed by atoms with Crippen molar-refractivity contribution >= 4 is 16.9 Å². The predicted molar refractivity (Wildman–Crippen MR) is 85.1 cm³/mol. The molecule has 1 aromatic heterocycles. The van der Waals surface area contributed by atoms with Crippen LogP contribution in [0.3, 0.4) is 0 Å². The number of fused-ring (bicyclic) bond motifs is 1. The van der Waals surface area contributed by atoms with Gasteiger partial charge in [0.05, 0.1) is 12.6 Å². The Morgan fingerprint density at radius 2 is 1.73 bits per heavy atom. The van der Waals surface area contributed by atoms with Crippen LogP contribution >= 0.6 is 0 Å². The highest BCUT2D eigenvalue weighted by Crippen LogP contribution is 2.14. The number of para-hydroxylation sites is 1. The zero-order chi connectivity index (χ0) is 15.5. The van der Waals surface area contributed by atoms with E-state index in [-0.39, 0.29) is 11.0 Å². The third-order valence-electron chi connectivity index (χ3n) is 3.59. The molecule has 0 spiro atoms. The highest BCUT2D eigenvalue weighted by atomic mass is 16.5. The first-order chi connectivity index (χ1) is 10.7. The predicted octanol–water partition coefficient (Wildman–Crippen LogP) is 2.84. The summed E-state index contributed by atoms with van der Waals surface area (Å²) in [6.07, 6.45) is 1.57. The average Bonchev–Trinajstić information content (AvgIpc) is 2.58. The number of aromatic nitrogens is 1. The summed E-state index contributed by atoms with van der Waals surface area (Å²) in [7, 11) is 1.28. The first-order valence-electron chi connectivity index (χ1n) is 6.95. The van der Waals surface area contributed by atoms with Gasteiger partial charge in [0.2, 0.25) is 5.43 Å². The zero-order valence-electron chi connectivity index (χ0n) is 12.2. The van der Waals surface area contributed by atoms with E-state index in [1.807, 2.05) is 47.0 Å². The van der Waals surface area contributed by atoms with Gasteiger partial charge in [0.1, 0.15) is 5.56 Å². The molecule has 110 valence electrons. The third kappa shape index (κ3) is 2.51. The lowest BCUT2D eigenvalue weighted by Crippen LogP contribution is -2.20. The Morgan fingerprint density at radius 1 is 1.05 bits per heavy atom. The summed E-state index contributed by atoms with van der Waals surface area (Å²) in [5.41, 5.74) is 1.64. The molecule has 0 aliphatic heterocycles. The highest BCUT2D eigenvalue weighted by Gasteiger charge is 2.15. The van der Waals surface area contributed by atoms with Crippen LogP contribution < -0.4 is 5.43 Å². The van der Waals surface area contributed by atoms with Gasteiger partial charge in [-0.05, 0) is 17.7 Å². The topological polar surface area (TPSA) is 48.3 Å². The first kappa shape index (κ1) is 14.1. The fourth-order valence-electron chi connectivity index (χ4n) is 2.51. The molecular weight excluding hydrogens is 278 g/mol. The second-order valence-corrected chi connectivity index (χ2v) is 4.99. The Bertz CT molecular complexity index is 882. The number of rotatable bonds is 3. The van der Waals surface area contributed by atoms with Gasteiger partial charge in [-0.15, -0.1) is 0 Å². The van der Waals surface area contributed by atoms with E-state index in [2.05, 4.69) is 0 Å². The quantitative estimate of drug-likeness (QED) is 0.698. The molecule has 3 rings (SSSR count). The minimum Gasteiger partial charge on any atom is -0.465 e. The molecule has 4 nitrogen and oxygen atoms in total. The Hall–Kier alpha value is -2.88. The number of hydrogen-bond acceptors (Lipinski definition) is 3. The number of benzene rings is 2. The van der Waals surface area contributed by atoms with Gasteiger partial charge in [-0.3, -0.25) is 4.79 Å². The van der Waals surface area contributed by atoms with Crippen molar-refractivity contribution < 1.29 is 9.53 Å². The molecule has 0 aliphatic rings. The minimum atomic E-state index is -0.613. The van der Waals surface area contributed by atoms with Crippen LogP contribution in [0.5, 0.6) is 0 Å².